The first-order valence-electron chi connectivity index (χ1n) is 11.5. The molecule has 2 aromatic rings. The van der Waals surface area contributed by atoms with Crippen LogP contribution in [0.1, 0.15) is 24.5 Å². The minimum Gasteiger partial charge on any atom is -0.493 e. The minimum absolute atomic E-state index is 0.0491. The molecule has 0 spiro atoms. The molecule has 3 heterocycles. The smallest absolute Gasteiger partial charge is 0.241 e. The maximum absolute atomic E-state index is 13.3. The number of nitrogens with one attached hydrogen (secondary N) is 1. The van der Waals surface area contributed by atoms with Crippen LogP contribution in [0.15, 0.2) is 42.5 Å². The zero-order valence-corrected chi connectivity index (χ0v) is 18.5. The quantitative estimate of drug-likeness (QED) is 0.801. The third kappa shape index (κ3) is 4.36. The van der Waals surface area contributed by atoms with E-state index in [9.17, 15) is 9.59 Å². The molecule has 1 fully saturated rings. The summed E-state index contributed by atoms with van der Waals surface area (Å²) in [7, 11) is 0. The van der Waals surface area contributed by atoms with Crippen LogP contribution in [0.5, 0.6) is 5.75 Å². The van der Waals surface area contributed by atoms with Gasteiger partial charge in [-0.15, -0.1) is 0 Å². The summed E-state index contributed by atoms with van der Waals surface area (Å²) in [6.07, 6.45) is 1.30. The highest BCUT2D eigenvalue weighted by atomic mass is 16.5. The Labute approximate surface area is 188 Å². The standard InChI is InChI=1S/C25H30N4O3/c1-18-14-24(30)26-21-4-2-3-5-22(21)29(18)25(31)17-28-11-9-27(10-12-28)16-19-6-7-23-20(15-19)8-13-32-23/h2-7,15,18H,8-14,16-17H2,1H3,(H,26,30)/t18-/m1/s1. The number of piperazine rings is 1. The van der Waals surface area contributed by atoms with Gasteiger partial charge < -0.3 is 15.0 Å². The Bertz CT molecular complexity index is 1020. The molecule has 3 aliphatic rings. The number of benzene rings is 2. The zero-order chi connectivity index (χ0) is 22.1. The van der Waals surface area contributed by atoms with Crippen LogP contribution in [0.4, 0.5) is 11.4 Å². The van der Waals surface area contributed by atoms with Crippen LogP contribution in [0.3, 0.4) is 0 Å². The van der Waals surface area contributed by atoms with Gasteiger partial charge in [0, 0.05) is 51.6 Å². The molecule has 7 heteroatoms. The molecule has 32 heavy (non-hydrogen) atoms. The average molecular weight is 435 g/mol. The first kappa shape index (κ1) is 21.0. The second-order valence-electron chi connectivity index (χ2n) is 8.98. The Morgan fingerprint density at radius 1 is 1.09 bits per heavy atom. The minimum atomic E-state index is -0.170. The van der Waals surface area contributed by atoms with E-state index < -0.39 is 0 Å². The van der Waals surface area contributed by atoms with Gasteiger partial charge in [0.25, 0.3) is 0 Å². The van der Waals surface area contributed by atoms with Crippen LogP contribution in [-0.4, -0.2) is 67.0 Å². The van der Waals surface area contributed by atoms with E-state index in [-0.39, 0.29) is 17.9 Å². The Kier molecular flexibility index (Phi) is 5.85. The third-order valence-corrected chi connectivity index (χ3v) is 6.61. The predicted octanol–water partition coefficient (Wildman–Crippen LogP) is 2.50. The molecule has 1 atom stereocenters. The van der Waals surface area contributed by atoms with Gasteiger partial charge in [0.1, 0.15) is 5.75 Å². The lowest BCUT2D eigenvalue weighted by Gasteiger charge is -2.36. The second-order valence-corrected chi connectivity index (χ2v) is 8.98. The molecule has 1 saturated heterocycles. The zero-order valence-electron chi connectivity index (χ0n) is 18.5. The molecule has 168 valence electrons. The maximum Gasteiger partial charge on any atom is 0.241 e. The summed E-state index contributed by atoms with van der Waals surface area (Å²) in [4.78, 5) is 32.0. The van der Waals surface area contributed by atoms with Gasteiger partial charge in [0.15, 0.2) is 0 Å². The maximum atomic E-state index is 13.3. The van der Waals surface area contributed by atoms with Gasteiger partial charge in [0.05, 0.1) is 24.5 Å². The molecule has 0 saturated carbocycles. The third-order valence-electron chi connectivity index (χ3n) is 6.61. The lowest BCUT2D eigenvalue weighted by Crippen LogP contribution is -2.51. The van der Waals surface area contributed by atoms with Crippen LogP contribution in [0.2, 0.25) is 0 Å². The van der Waals surface area contributed by atoms with Crippen LogP contribution in [0, 0.1) is 0 Å². The molecule has 2 aromatic carbocycles. The van der Waals surface area contributed by atoms with E-state index in [0.717, 1.165) is 57.2 Å². The fraction of sp³-hybridized carbons (Fsp3) is 0.440. The largest absolute Gasteiger partial charge is 0.493 e. The number of para-hydroxylation sites is 2. The number of rotatable bonds is 4. The van der Waals surface area contributed by atoms with Crippen molar-refractivity contribution in [3.63, 3.8) is 0 Å². The summed E-state index contributed by atoms with van der Waals surface area (Å²) in [6, 6.07) is 13.9. The van der Waals surface area contributed by atoms with Crippen molar-refractivity contribution in [2.75, 3.05) is 49.5 Å². The number of fused-ring (bicyclic) bond motifs is 2. The number of anilines is 2. The van der Waals surface area contributed by atoms with E-state index >= 15 is 0 Å². The normalized spacial score (nSPS) is 21.3. The Hall–Kier alpha value is -2.90. The lowest BCUT2D eigenvalue weighted by atomic mass is 10.1. The van der Waals surface area contributed by atoms with Crippen molar-refractivity contribution >= 4 is 23.2 Å². The van der Waals surface area contributed by atoms with E-state index in [2.05, 4.69) is 33.3 Å². The molecular formula is C25H30N4O3. The summed E-state index contributed by atoms with van der Waals surface area (Å²) >= 11 is 0. The van der Waals surface area contributed by atoms with E-state index in [0.29, 0.717) is 18.7 Å². The van der Waals surface area contributed by atoms with Gasteiger partial charge in [-0.3, -0.25) is 19.4 Å². The molecule has 0 unspecified atom stereocenters. The van der Waals surface area contributed by atoms with Crippen molar-refractivity contribution in [3.05, 3.63) is 53.6 Å². The van der Waals surface area contributed by atoms with Crippen molar-refractivity contribution in [2.45, 2.75) is 32.4 Å². The number of hydrogen-bond donors (Lipinski definition) is 1. The molecule has 2 amide bonds. The highest BCUT2D eigenvalue weighted by molar-refractivity contribution is 6.04. The second kappa shape index (κ2) is 8.92. The molecule has 7 nitrogen and oxygen atoms in total. The van der Waals surface area contributed by atoms with E-state index in [4.69, 9.17) is 4.74 Å². The summed E-state index contributed by atoms with van der Waals surface area (Å²) in [6.45, 7) is 7.63. The number of ether oxygens (including phenoxy) is 1. The number of carbonyl (C=O) groups is 2. The SMILES string of the molecule is C[C@@H]1CC(=O)Nc2ccccc2N1C(=O)CN1CCN(Cc2ccc3c(c2)CCO3)CC1. The van der Waals surface area contributed by atoms with Crippen LogP contribution < -0.4 is 15.0 Å². The molecule has 5 rings (SSSR count). The Morgan fingerprint density at radius 2 is 1.88 bits per heavy atom. The molecule has 0 aliphatic carbocycles. The molecule has 0 bridgehead atoms. The summed E-state index contributed by atoms with van der Waals surface area (Å²) < 4.78 is 5.61. The van der Waals surface area contributed by atoms with Crippen molar-refractivity contribution in [1.82, 2.24) is 9.80 Å². The highest BCUT2D eigenvalue weighted by Crippen LogP contribution is 2.31. The molecule has 0 radical (unpaired) electrons. The molecule has 3 aliphatic heterocycles. The van der Waals surface area contributed by atoms with Crippen molar-refractivity contribution < 1.29 is 14.3 Å². The predicted molar refractivity (Wildman–Crippen MR) is 124 cm³/mol. The van der Waals surface area contributed by atoms with Gasteiger partial charge in [-0.05, 0) is 36.2 Å². The summed E-state index contributed by atoms with van der Waals surface area (Å²) in [5.41, 5.74) is 4.13. The first-order valence-corrected chi connectivity index (χ1v) is 11.5. The monoisotopic (exact) mass is 434 g/mol. The van der Waals surface area contributed by atoms with Crippen LogP contribution in [-0.2, 0) is 22.6 Å². The number of hydrogen-bond acceptors (Lipinski definition) is 5. The fourth-order valence-electron chi connectivity index (χ4n) is 4.94. The number of amides is 2. The fourth-order valence-corrected chi connectivity index (χ4v) is 4.94. The van der Waals surface area contributed by atoms with Gasteiger partial charge in [0.2, 0.25) is 11.8 Å². The van der Waals surface area contributed by atoms with Gasteiger partial charge >= 0.3 is 0 Å². The van der Waals surface area contributed by atoms with Crippen molar-refractivity contribution in [2.24, 2.45) is 0 Å². The first-order chi connectivity index (χ1) is 15.6. The average Bonchev–Trinajstić information content (AvgIpc) is 3.19. The molecular weight excluding hydrogens is 404 g/mol. The summed E-state index contributed by atoms with van der Waals surface area (Å²) in [5, 5.41) is 2.92. The van der Waals surface area contributed by atoms with E-state index in [1.165, 1.54) is 11.1 Å². The molecule has 0 aromatic heterocycles. The van der Waals surface area contributed by atoms with Crippen LogP contribution in [0.25, 0.3) is 0 Å². The van der Waals surface area contributed by atoms with E-state index in [1.807, 2.05) is 31.2 Å². The van der Waals surface area contributed by atoms with Crippen LogP contribution >= 0.6 is 0 Å². The van der Waals surface area contributed by atoms with Gasteiger partial charge in [-0.2, -0.15) is 0 Å². The Balaban J connectivity index is 1.19. The summed E-state index contributed by atoms with van der Waals surface area (Å²) in [5.74, 6) is 1.03. The number of nitrogens with zero attached hydrogens (tertiary/aromatic N) is 3. The topological polar surface area (TPSA) is 65.1 Å². The van der Waals surface area contributed by atoms with E-state index in [1.54, 1.807) is 4.90 Å². The molecule has 1 N–H and O–H groups in total. The Morgan fingerprint density at radius 3 is 2.72 bits per heavy atom. The number of carbonyl (C=O) groups excluding carboxylic acids is 2. The highest BCUT2D eigenvalue weighted by Gasteiger charge is 2.31. The van der Waals surface area contributed by atoms with Gasteiger partial charge in [-0.25, -0.2) is 0 Å². The lowest BCUT2D eigenvalue weighted by molar-refractivity contribution is -0.120. The van der Waals surface area contributed by atoms with Crippen molar-refractivity contribution in [3.8, 4) is 5.75 Å². The van der Waals surface area contributed by atoms with Crippen molar-refractivity contribution in [1.29, 1.82) is 0 Å². The van der Waals surface area contributed by atoms with Gasteiger partial charge in [-0.1, -0.05) is 24.3 Å².